The van der Waals surface area contributed by atoms with Gasteiger partial charge in [-0.1, -0.05) is 6.07 Å². The van der Waals surface area contributed by atoms with Crippen molar-refractivity contribution in [3.63, 3.8) is 0 Å². The Labute approximate surface area is 85.2 Å². The first-order valence-corrected chi connectivity index (χ1v) is 4.31. The summed E-state index contributed by atoms with van der Waals surface area (Å²) >= 11 is 0. The van der Waals surface area contributed by atoms with E-state index < -0.39 is 5.97 Å². The Bertz CT molecular complexity index is 543. The molecule has 76 valence electrons. The fourth-order valence-corrected chi connectivity index (χ4v) is 1.35. The molecule has 4 N–H and O–H groups in total. The van der Waals surface area contributed by atoms with Crippen molar-refractivity contribution in [2.45, 2.75) is 0 Å². The van der Waals surface area contributed by atoms with Crippen LogP contribution < -0.4 is 5.73 Å². The SMILES string of the molecule is Nc1c(/C=C/C(=O)O)ccc2[nH]cnc12. The maximum atomic E-state index is 10.3. The molecule has 0 radical (unpaired) electrons. The van der Waals surface area contributed by atoms with Gasteiger partial charge in [-0.2, -0.15) is 0 Å². The lowest BCUT2D eigenvalue weighted by Crippen LogP contribution is -1.92. The zero-order valence-corrected chi connectivity index (χ0v) is 7.77. The monoisotopic (exact) mass is 203 g/mol. The number of nitrogens with zero attached hydrogens (tertiary/aromatic N) is 1. The molecule has 2 aromatic rings. The van der Waals surface area contributed by atoms with Crippen LogP contribution in [0.2, 0.25) is 0 Å². The highest BCUT2D eigenvalue weighted by atomic mass is 16.4. The molecular weight excluding hydrogens is 194 g/mol. The number of imidazole rings is 1. The first kappa shape index (κ1) is 9.26. The van der Waals surface area contributed by atoms with E-state index in [-0.39, 0.29) is 0 Å². The summed E-state index contributed by atoms with van der Waals surface area (Å²) in [6, 6.07) is 3.55. The van der Waals surface area contributed by atoms with Gasteiger partial charge >= 0.3 is 5.97 Å². The molecule has 5 nitrogen and oxygen atoms in total. The minimum absolute atomic E-state index is 0.478. The van der Waals surface area contributed by atoms with Gasteiger partial charge in [0.25, 0.3) is 0 Å². The normalized spacial score (nSPS) is 11.2. The van der Waals surface area contributed by atoms with Crippen LogP contribution >= 0.6 is 0 Å². The number of aromatic amines is 1. The molecule has 0 bridgehead atoms. The number of carbonyl (C=O) groups is 1. The third kappa shape index (κ3) is 1.67. The van der Waals surface area contributed by atoms with Crippen LogP contribution in [0.4, 0.5) is 5.69 Å². The van der Waals surface area contributed by atoms with Crippen molar-refractivity contribution >= 4 is 28.8 Å². The lowest BCUT2D eigenvalue weighted by Gasteiger charge is -2.00. The Morgan fingerprint density at radius 3 is 3.07 bits per heavy atom. The number of anilines is 1. The topological polar surface area (TPSA) is 92.0 Å². The molecule has 15 heavy (non-hydrogen) atoms. The number of nitrogen functional groups attached to an aromatic ring is 1. The van der Waals surface area contributed by atoms with Gasteiger partial charge in [0.2, 0.25) is 0 Å². The summed E-state index contributed by atoms with van der Waals surface area (Å²) in [6.07, 6.45) is 4.04. The average Bonchev–Trinajstić information content (AvgIpc) is 2.65. The lowest BCUT2D eigenvalue weighted by atomic mass is 10.1. The van der Waals surface area contributed by atoms with E-state index in [0.29, 0.717) is 16.8 Å². The Morgan fingerprint density at radius 2 is 2.33 bits per heavy atom. The van der Waals surface area contributed by atoms with Crippen molar-refractivity contribution in [3.8, 4) is 0 Å². The van der Waals surface area contributed by atoms with Crippen LogP contribution in [0.15, 0.2) is 24.5 Å². The van der Waals surface area contributed by atoms with Crippen molar-refractivity contribution in [3.05, 3.63) is 30.1 Å². The van der Waals surface area contributed by atoms with Gasteiger partial charge < -0.3 is 15.8 Å². The largest absolute Gasteiger partial charge is 0.478 e. The number of nitrogens with one attached hydrogen (secondary N) is 1. The van der Waals surface area contributed by atoms with E-state index in [1.165, 1.54) is 6.08 Å². The third-order valence-corrected chi connectivity index (χ3v) is 2.07. The summed E-state index contributed by atoms with van der Waals surface area (Å²) in [5.41, 5.74) is 8.44. The molecule has 0 saturated heterocycles. The van der Waals surface area contributed by atoms with Crippen molar-refractivity contribution in [2.75, 3.05) is 5.73 Å². The molecule has 0 saturated carbocycles. The molecule has 1 aromatic carbocycles. The first-order valence-electron chi connectivity index (χ1n) is 4.31. The molecule has 5 heteroatoms. The highest BCUT2D eigenvalue weighted by molar-refractivity contribution is 5.94. The Balaban J connectivity index is 2.52. The van der Waals surface area contributed by atoms with Crippen LogP contribution in [-0.4, -0.2) is 21.0 Å². The molecule has 0 fully saturated rings. The van der Waals surface area contributed by atoms with Crippen molar-refractivity contribution in [2.24, 2.45) is 0 Å². The highest BCUT2D eigenvalue weighted by Crippen LogP contribution is 2.22. The minimum Gasteiger partial charge on any atom is -0.478 e. The molecule has 0 spiro atoms. The van der Waals surface area contributed by atoms with E-state index in [4.69, 9.17) is 10.8 Å². The van der Waals surface area contributed by atoms with Gasteiger partial charge in [0.1, 0.15) is 5.52 Å². The van der Waals surface area contributed by atoms with Gasteiger partial charge in [0.05, 0.1) is 17.5 Å². The minimum atomic E-state index is -1.00. The fraction of sp³-hybridized carbons (Fsp3) is 0. The number of benzene rings is 1. The molecule has 0 aliphatic heterocycles. The highest BCUT2D eigenvalue weighted by Gasteiger charge is 2.04. The van der Waals surface area contributed by atoms with Crippen LogP contribution in [-0.2, 0) is 4.79 Å². The summed E-state index contributed by atoms with van der Waals surface area (Å²) in [4.78, 5) is 17.3. The molecule has 0 aliphatic rings. The third-order valence-electron chi connectivity index (χ3n) is 2.07. The number of nitrogens with two attached hydrogens (primary N) is 1. The number of carboxylic acids is 1. The summed E-state index contributed by atoms with van der Waals surface area (Å²) < 4.78 is 0. The molecule has 1 heterocycles. The number of carboxylic acid groups (broad SMARTS) is 1. The van der Waals surface area contributed by atoms with Crippen molar-refractivity contribution in [1.29, 1.82) is 0 Å². The van der Waals surface area contributed by atoms with Gasteiger partial charge in [-0.15, -0.1) is 0 Å². The van der Waals surface area contributed by atoms with Crippen LogP contribution in [0.5, 0.6) is 0 Å². The summed E-state index contributed by atoms with van der Waals surface area (Å²) in [6.45, 7) is 0. The Kier molecular flexibility index (Phi) is 2.13. The maximum Gasteiger partial charge on any atom is 0.328 e. The average molecular weight is 203 g/mol. The van der Waals surface area contributed by atoms with Gasteiger partial charge in [0.15, 0.2) is 0 Å². The van der Waals surface area contributed by atoms with Gasteiger partial charge in [-0.25, -0.2) is 9.78 Å². The van der Waals surface area contributed by atoms with E-state index in [1.807, 2.05) is 0 Å². The molecule has 2 rings (SSSR count). The predicted molar refractivity (Wildman–Crippen MR) is 57.2 cm³/mol. The maximum absolute atomic E-state index is 10.3. The van der Waals surface area contributed by atoms with E-state index >= 15 is 0 Å². The standard InChI is InChI=1S/C10H9N3O2/c11-9-6(2-4-8(14)15)1-3-7-10(9)13-5-12-7/h1-5H,11H2,(H,12,13)(H,14,15)/b4-2+. The molecule has 0 atom stereocenters. The zero-order chi connectivity index (χ0) is 10.8. The predicted octanol–water partition coefficient (Wildman–Crippen LogP) is 1.24. The van der Waals surface area contributed by atoms with Crippen LogP contribution in [0, 0.1) is 0 Å². The number of H-pyrrole nitrogens is 1. The van der Waals surface area contributed by atoms with Crippen molar-refractivity contribution < 1.29 is 9.90 Å². The summed E-state index contributed by atoms with van der Waals surface area (Å²) in [7, 11) is 0. The molecule has 1 aromatic heterocycles. The van der Waals surface area contributed by atoms with Crippen molar-refractivity contribution in [1.82, 2.24) is 9.97 Å². The Morgan fingerprint density at radius 1 is 1.53 bits per heavy atom. The lowest BCUT2D eigenvalue weighted by molar-refractivity contribution is -0.131. The van der Waals surface area contributed by atoms with E-state index in [1.54, 1.807) is 18.5 Å². The number of hydrogen-bond donors (Lipinski definition) is 3. The van der Waals surface area contributed by atoms with Crippen LogP contribution in [0.1, 0.15) is 5.56 Å². The number of aliphatic carboxylic acids is 1. The van der Waals surface area contributed by atoms with E-state index in [9.17, 15) is 4.79 Å². The van der Waals surface area contributed by atoms with Crippen LogP contribution in [0.3, 0.4) is 0 Å². The molecule has 0 unspecified atom stereocenters. The van der Waals surface area contributed by atoms with Gasteiger partial charge in [0, 0.05) is 11.6 Å². The number of fused-ring (bicyclic) bond motifs is 1. The first-order chi connectivity index (χ1) is 7.18. The van der Waals surface area contributed by atoms with E-state index in [2.05, 4.69) is 9.97 Å². The molecule has 0 aliphatic carbocycles. The summed E-state index contributed by atoms with van der Waals surface area (Å²) in [5, 5.41) is 8.49. The molecule has 0 amide bonds. The number of hydrogen-bond acceptors (Lipinski definition) is 3. The van der Waals surface area contributed by atoms with E-state index in [0.717, 1.165) is 11.6 Å². The second kappa shape index (κ2) is 3.45. The van der Waals surface area contributed by atoms with Gasteiger partial charge in [-0.05, 0) is 12.1 Å². The number of aromatic nitrogens is 2. The van der Waals surface area contributed by atoms with Crippen LogP contribution in [0.25, 0.3) is 17.1 Å². The second-order valence-corrected chi connectivity index (χ2v) is 3.04. The molecular formula is C10H9N3O2. The summed E-state index contributed by atoms with van der Waals surface area (Å²) in [5.74, 6) is -1.00. The fourth-order valence-electron chi connectivity index (χ4n) is 1.35. The number of rotatable bonds is 2. The quantitative estimate of drug-likeness (QED) is 0.505. The second-order valence-electron chi connectivity index (χ2n) is 3.04. The van der Waals surface area contributed by atoms with Gasteiger partial charge in [-0.3, -0.25) is 0 Å². The smallest absolute Gasteiger partial charge is 0.328 e. The zero-order valence-electron chi connectivity index (χ0n) is 7.77. The Hall–Kier alpha value is -2.30.